The normalized spacial score (nSPS) is 17.5. The maximum absolute atomic E-state index is 12.9. The first kappa shape index (κ1) is 29.6. The Labute approximate surface area is 248 Å². The largest absolute Gasteiger partial charge is 0.494 e. The van der Waals surface area contributed by atoms with Crippen molar-refractivity contribution in [3.05, 3.63) is 53.2 Å². The van der Waals surface area contributed by atoms with Gasteiger partial charge in [0.15, 0.2) is 5.82 Å². The summed E-state index contributed by atoms with van der Waals surface area (Å²) < 4.78 is 18.6. The average molecular weight is 598 g/mol. The predicted octanol–water partition coefficient (Wildman–Crippen LogP) is 5.40. The first-order valence-corrected chi connectivity index (χ1v) is 17.2. The number of anilines is 5. The van der Waals surface area contributed by atoms with Crippen LogP contribution in [0, 0.1) is 6.92 Å². The van der Waals surface area contributed by atoms with Crippen LogP contribution in [0.5, 0.6) is 5.75 Å². The van der Waals surface area contributed by atoms with Crippen molar-refractivity contribution >= 4 is 52.9 Å². The molecule has 3 aromatic rings. The van der Waals surface area contributed by atoms with Crippen LogP contribution in [-0.2, 0) is 4.57 Å². The molecule has 2 N–H and O–H groups in total. The summed E-state index contributed by atoms with van der Waals surface area (Å²) in [5.74, 6) is 1.56. The van der Waals surface area contributed by atoms with Gasteiger partial charge >= 0.3 is 0 Å². The van der Waals surface area contributed by atoms with Crippen molar-refractivity contribution in [1.82, 2.24) is 19.8 Å². The average Bonchev–Trinajstić information content (AvgIpc) is 2.96. The number of hydrogen-bond acceptors (Lipinski definition) is 9. The number of methoxy groups -OCH3 is 1. The Morgan fingerprint density at radius 2 is 1.66 bits per heavy atom. The van der Waals surface area contributed by atoms with E-state index in [1.54, 1.807) is 20.4 Å². The fraction of sp³-hybridized carbons (Fsp3) is 0.467. The number of nitrogens with one attached hydrogen (secondary N) is 2. The number of aromatic nitrogens is 2. The van der Waals surface area contributed by atoms with E-state index < -0.39 is 7.14 Å². The van der Waals surface area contributed by atoms with Crippen molar-refractivity contribution in [1.29, 1.82) is 0 Å². The van der Waals surface area contributed by atoms with E-state index >= 15 is 0 Å². The minimum absolute atomic E-state index is 0.391. The first-order valence-electron chi connectivity index (χ1n) is 14.2. The Bertz CT molecular complexity index is 1420. The number of halogens is 1. The number of ether oxygens (including phenoxy) is 1. The fourth-order valence-corrected chi connectivity index (χ4v) is 6.94. The van der Waals surface area contributed by atoms with Crippen molar-refractivity contribution in [3.63, 3.8) is 0 Å². The highest BCUT2D eigenvalue weighted by atomic mass is 35.5. The molecule has 220 valence electrons. The monoisotopic (exact) mass is 597 g/mol. The molecule has 3 heterocycles. The van der Waals surface area contributed by atoms with E-state index in [-0.39, 0.29) is 0 Å². The number of piperidine rings is 1. The Morgan fingerprint density at radius 1 is 0.951 bits per heavy atom. The molecule has 2 saturated heterocycles. The molecule has 2 aliphatic rings. The summed E-state index contributed by atoms with van der Waals surface area (Å²) in [7, 11) is 1.37. The molecular weight excluding hydrogens is 557 g/mol. The number of likely N-dealkylation sites (N-methyl/N-ethyl adjacent to an activating group) is 1. The van der Waals surface area contributed by atoms with Gasteiger partial charge in [-0.2, -0.15) is 4.98 Å². The molecule has 2 fully saturated rings. The second kappa shape index (κ2) is 12.6. The third kappa shape index (κ3) is 6.97. The maximum Gasteiger partial charge on any atom is 0.229 e. The van der Waals surface area contributed by atoms with E-state index in [0.717, 1.165) is 48.6 Å². The lowest BCUT2D eigenvalue weighted by Crippen LogP contribution is -2.52. The molecule has 0 aliphatic carbocycles. The van der Waals surface area contributed by atoms with Crippen molar-refractivity contribution in [2.75, 3.05) is 82.3 Å². The zero-order chi connectivity index (χ0) is 29.1. The second-order valence-corrected chi connectivity index (χ2v) is 14.9. The lowest BCUT2D eigenvalue weighted by atomic mass is 10.0. The summed E-state index contributed by atoms with van der Waals surface area (Å²) in [5.41, 5.74) is 3.26. The topological polar surface area (TPSA) is 85.9 Å². The van der Waals surface area contributed by atoms with Crippen LogP contribution in [0.3, 0.4) is 0 Å². The van der Waals surface area contributed by atoms with Gasteiger partial charge in [-0.25, -0.2) is 4.98 Å². The predicted molar refractivity (Wildman–Crippen MR) is 171 cm³/mol. The van der Waals surface area contributed by atoms with Crippen LogP contribution in [-0.4, -0.2) is 92.6 Å². The van der Waals surface area contributed by atoms with Gasteiger partial charge in [-0.1, -0.05) is 23.7 Å². The van der Waals surface area contributed by atoms with Gasteiger partial charge in [0.1, 0.15) is 17.9 Å². The van der Waals surface area contributed by atoms with E-state index in [4.69, 9.17) is 16.3 Å². The van der Waals surface area contributed by atoms with Gasteiger partial charge < -0.3 is 29.7 Å². The Hall–Kier alpha value is -2.84. The highest BCUT2D eigenvalue weighted by Gasteiger charge is 2.27. The summed E-state index contributed by atoms with van der Waals surface area (Å²) in [6.45, 7) is 12.1. The molecule has 9 nitrogen and oxygen atoms in total. The van der Waals surface area contributed by atoms with Gasteiger partial charge in [0.2, 0.25) is 5.95 Å². The lowest BCUT2D eigenvalue weighted by Gasteiger charge is -2.42. The van der Waals surface area contributed by atoms with Gasteiger partial charge in [0.25, 0.3) is 0 Å². The molecule has 0 amide bonds. The van der Waals surface area contributed by atoms with E-state index in [1.807, 2.05) is 37.3 Å². The molecule has 0 radical (unpaired) electrons. The maximum atomic E-state index is 12.9. The standard InChI is InChI=1S/C30H41ClN7O2P/c1-21-28(31)29(33-25-8-6-7-9-27(25)41(4,5)39)35-30(32-21)34-24-11-10-23(20-26(24)40-3)37-14-12-22(13-15-37)38-18-16-36(2)17-19-38/h6-11,20,22H,12-19H2,1-5H3,(H2,32,33,34,35). The van der Waals surface area contributed by atoms with Gasteiger partial charge in [0, 0.05) is 62.4 Å². The van der Waals surface area contributed by atoms with Crippen LogP contribution in [0.2, 0.25) is 5.02 Å². The summed E-state index contributed by atoms with van der Waals surface area (Å²) in [4.78, 5) is 16.8. The highest BCUT2D eigenvalue weighted by molar-refractivity contribution is 7.70. The fourth-order valence-electron chi connectivity index (χ4n) is 5.65. The quantitative estimate of drug-likeness (QED) is 0.332. The zero-order valence-electron chi connectivity index (χ0n) is 24.7. The Morgan fingerprint density at radius 3 is 2.34 bits per heavy atom. The van der Waals surface area contributed by atoms with Crippen molar-refractivity contribution in [3.8, 4) is 5.75 Å². The van der Waals surface area contributed by atoms with Crippen LogP contribution in [0.4, 0.5) is 28.8 Å². The number of hydrogen-bond donors (Lipinski definition) is 2. The van der Waals surface area contributed by atoms with Gasteiger partial charge in [-0.3, -0.25) is 4.90 Å². The lowest BCUT2D eigenvalue weighted by molar-refractivity contribution is 0.0982. The number of nitrogens with zero attached hydrogens (tertiary/aromatic N) is 5. The SMILES string of the molecule is COc1cc(N2CCC(N3CCN(C)CC3)CC2)ccc1Nc1nc(C)c(Cl)c(Nc2ccccc2P(C)(C)=O)n1. The van der Waals surface area contributed by atoms with Crippen molar-refractivity contribution in [2.24, 2.45) is 0 Å². The molecule has 0 bridgehead atoms. The van der Waals surface area contributed by atoms with Crippen LogP contribution < -0.4 is 25.6 Å². The number of rotatable bonds is 8. The Balaban J connectivity index is 1.30. The van der Waals surface area contributed by atoms with E-state index in [0.29, 0.717) is 34.2 Å². The number of benzene rings is 2. The molecule has 2 aliphatic heterocycles. The molecule has 0 spiro atoms. The van der Waals surface area contributed by atoms with Crippen LogP contribution in [0.25, 0.3) is 0 Å². The third-order valence-corrected chi connectivity index (χ3v) is 10.1. The summed E-state index contributed by atoms with van der Waals surface area (Å²) in [6.07, 6.45) is 2.35. The molecule has 0 atom stereocenters. The van der Waals surface area contributed by atoms with Crippen LogP contribution in [0.1, 0.15) is 18.5 Å². The molecule has 11 heteroatoms. The minimum Gasteiger partial charge on any atom is -0.494 e. The van der Waals surface area contributed by atoms with E-state index in [1.165, 1.54) is 25.9 Å². The summed E-state index contributed by atoms with van der Waals surface area (Å²) in [5, 5.41) is 7.76. The summed E-state index contributed by atoms with van der Waals surface area (Å²) in [6, 6.07) is 14.4. The van der Waals surface area contributed by atoms with Crippen LogP contribution >= 0.6 is 18.7 Å². The van der Waals surface area contributed by atoms with Crippen LogP contribution in [0.15, 0.2) is 42.5 Å². The van der Waals surface area contributed by atoms with Gasteiger partial charge in [-0.15, -0.1) is 0 Å². The van der Waals surface area contributed by atoms with E-state index in [9.17, 15) is 4.57 Å². The molecule has 2 aromatic carbocycles. The number of aryl methyl sites for hydroxylation is 1. The Kier molecular flexibility index (Phi) is 9.09. The molecule has 1 aromatic heterocycles. The number of piperazine rings is 1. The highest BCUT2D eigenvalue weighted by Crippen LogP contribution is 2.39. The van der Waals surface area contributed by atoms with Crippen molar-refractivity contribution in [2.45, 2.75) is 25.8 Å². The molecular formula is C30H41ClN7O2P. The molecule has 5 rings (SSSR count). The molecule has 0 saturated carbocycles. The smallest absolute Gasteiger partial charge is 0.229 e. The number of para-hydroxylation sites is 1. The summed E-state index contributed by atoms with van der Waals surface area (Å²) >= 11 is 6.60. The zero-order valence-corrected chi connectivity index (χ0v) is 26.3. The van der Waals surface area contributed by atoms with Crippen molar-refractivity contribution < 1.29 is 9.30 Å². The van der Waals surface area contributed by atoms with Gasteiger partial charge in [0.05, 0.1) is 24.2 Å². The molecule has 0 unspecified atom stereocenters. The molecule has 41 heavy (non-hydrogen) atoms. The van der Waals surface area contributed by atoms with E-state index in [2.05, 4.69) is 54.5 Å². The van der Waals surface area contributed by atoms with Gasteiger partial charge in [-0.05, 0) is 64.4 Å². The first-order chi connectivity index (χ1) is 19.6. The minimum atomic E-state index is -2.52. The second-order valence-electron chi connectivity index (χ2n) is 11.4. The third-order valence-electron chi connectivity index (χ3n) is 8.07.